The number of aryl methyl sites for hydroxylation is 1. The molecule has 0 saturated heterocycles. The average Bonchev–Trinajstić information content (AvgIpc) is 2.31. The minimum Gasteiger partial charge on any atom is -0.463 e. The Labute approximate surface area is 98.3 Å². The fraction of sp³-hybridized carbons (Fsp3) is 0.214. The predicted molar refractivity (Wildman–Crippen MR) is 66.2 cm³/mol. The van der Waals surface area contributed by atoms with Crippen molar-refractivity contribution in [2.45, 2.75) is 20.8 Å². The van der Waals surface area contributed by atoms with Crippen molar-refractivity contribution in [2.75, 3.05) is 0 Å². The van der Waals surface area contributed by atoms with Crippen LogP contribution in [0.5, 0.6) is 5.75 Å². The molecule has 0 bridgehead atoms. The first-order valence-corrected chi connectivity index (χ1v) is 5.50. The van der Waals surface area contributed by atoms with E-state index >= 15 is 0 Å². The molecule has 1 aromatic carbocycles. The highest BCUT2D eigenvalue weighted by Gasteiger charge is 2.20. The Morgan fingerprint density at radius 2 is 1.88 bits per heavy atom. The number of allylic oxidation sites excluding steroid dienone is 1. The summed E-state index contributed by atoms with van der Waals surface area (Å²) in [6.45, 7) is 5.63. The minimum absolute atomic E-state index is 0.333. The average molecular weight is 228 g/mol. The molecular weight excluding hydrogens is 216 g/mol. The first kappa shape index (κ1) is 10.1. The van der Waals surface area contributed by atoms with Gasteiger partial charge in [-0.1, -0.05) is 12.1 Å². The minimum atomic E-state index is -0.333. The zero-order valence-corrected chi connectivity index (χ0v) is 9.96. The van der Waals surface area contributed by atoms with Crippen LogP contribution >= 0.6 is 0 Å². The maximum absolute atomic E-state index is 11.7. The summed E-state index contributed by atoms with van der Waals surface area (Å²) in [5.41, 5.74) is 3.87. The number of rotatable bonds is 0. The van der Waals surface area contributed by atoms with Crippen LogP contribution in [0.3, 0.4) is 0 Å². The third-order valence-corrected chi connectivity index (χ3v) is 3.20. The lowest BCUT2D eigenvalue weighted by Crippen LogP contribution is -2.09. The standard InChI is InChI=1S/C14H12O3/c1-7-4-5-10-8(2)6-16-13-9(3)14(15)17-12(7)11(10)13/h4-6H,1-3H3. The van der Waals surface area contributed by atoms with Gasteiger partial charge in [0.1, 0.15) is 11.3 Å². The Bertz CT molecular complexity index is 720. The molecule has 1 aliphatic rings. The second kappa shape index (κ2) is 3.23. The molecule has 0 aliphatic carbocycles. The van der Waals surface area contributed by atoms with Gasteiger partial charge in [-0.2, -0.15) is 0 Å². The quantitative estimate of drug-likeness (QED) is 0.650. The summed E-state index contributed by atoms with van der Waals surface area (Å²) in [6, 6.07) is 4.00. The number of hydrogen-bond donors (Lipinski definition) is 0. The van der Waals surface area contributed by atoms with Gasteiger partial charge in [-0.05, 0) is 37.5 Å². The van der Waals surface area contributed by atoms with Gasteiger partial charge < -0.3 is 9.15 Å². The number of benzene rings is 1. The molecule has 0 N–H and O–H groups in total. The summed E-state index contributed by atoms with van der Waals surface area (Å²) in [6.07, 6.45) is 1.68. The molecule has 3 nitrogen and oxygen atoms in total. The van der Waals surface area contributed by atoms with Crippen LogP contribution in [-0.4, -0.2) is 0 Å². The van der Waals surface area contributed by atoms with Gasteiger partial charge in [0.15, 0.2) is 0 Å². The molecule has 0 unspecified atom stereocenters. The molecule has 0 fully saturated rings. The normalized spacial score (nSPS) is 13.5. The molecule has 0 saturated carbocycles. The summed E-state index contributed by atoms with van der Waals surface area (Å²) in [4.78, 5) is 11.7. The Kier molecular flexibility index (Phi) is 1.93. The third kappa shape index (κ3) is 1.25. The van der Waals surface area contributed by atoms with E-state index in [0.717, 1.165) is 22.1 Å². The molecule has 1 aliphatic heterocycles. The zero-order valence-electron chi connectivity index (χ0n) is 9.96. The zero-order chi connectivity index (χ0) is 12.2. The summed E-state index contributed by atoms with van der Waals surface area (Å²) < 4.78 is 10.9. The first-order valence-electron chi connectivity index (χ1n) is 5.50. The topological polar surface area (TPSA) is 39.4 Å². The lowest BCUT2D eigenvalue weighted by Gasteiger charge is -2.18. The van der Waals surface area contributed by atoms with Crippen LogP contribution in [0.15, 0.2) is 27.6 Å². The van der Waals surface area contributed by atoms with Crippen molar-refractivity contribution >= 4 is 16.5 Å². The van der Waals surface area contributed by atoms with Crippen molar-refractivity contribution in [3.63, 3.8) is 0 Å². The summed E-state index contributed by atoms with van der Waals surface area (Å²) >= 11 is 0. The van der Waals surface area contributed by atoms with Crippen LogP contribution < -0.4 is 10.4 Å². The molecule has 2 heterocycles. The van der Waals surface area contributed by atoms with Crippen LogP contribution in [-0.2, 0) is 0 Å². The fourth-order valence-corrected chi connectivity index (χ4v) is 2.18. The first-order chi connectivity index (χ1) is 8.09. The van der Waals surface area contributed by atoms with Gasteiger partial charge in [0, 0.05) is 0 Å². The summed E-state index contributed by atoms with van der Waals surface area (Å²) in [5.74, 6) is 0.626. The molecule has 0 spiro atoms. The Morgan fingerprint density at radius 3 is 2.65 bits per heavy atom. The molecule has 2 aromatic rings. The molecule has 0 radical (unpaired) electrons. The van der Waals surface area contributed by atoms with Crippen LogP contribution in [0, 0.1) is 13.8 Å². The molecule has 3 rings (SSSR count). The highest BCUT2D eigenvalue weighted by atomic mass is 16.5. The smallest absolute Gasteiger partial charge is 0.342 e. The SMILES string of the molecule is CC1=COc2c(C)c(=O)oc3c(C)ccc1c23. The molecular formula is C14H12O3. The Balaban J connectivity index is 2.62. The van der Waals surface area contributed by atoms with Crippen molar-refractivity contribution < 1.29 is 9.15 Å². The van der Waals surface area contributed by atoms with Crippen molar-refractivity contribution in [3.05, 3.63) is 45.5 Å². The lowest BCUT2D eigenvalue weighted by atomic mass is 9.97. The second-order valence-electron chi connectivity index (χ2n) is 4.40. The van der Waals surface area contributed by atoms with Gasteiger partial charge >= 0.3 is 5.63 Å². The van der Waals surface area contributed by atoms with Gasteiger partial charge in [0.2, 0.25) is 0 Å². The van der Waals surface area contributed by atoms with E-state index in [1.165, 1.54) is 0 Å². The van der Waals surface area contributed by atoms with E-state index in [1.807, 2.05) is 26.0 Å². The van der Waals surface area contributed by atoms with E-state index in [-0.39, 0.29) is 5.63 Å². The largest absolute Gasteiger partial charge is 0.463 e. The molecule has 86 valence electrons. The molecule has 17 heavy (non-hydrogen) atoms. The van der Waals surface area contributed by atoms with Gasteiger partial charge in [-0.25, -0.2) is 4.79 Å². The van der Waals surface area contributed by atoms with Crippen LogP contribution in [0.25, 0.3) is 16.5 Å². The van der Waals surface area contributed by atoms with Crippen LogP contribution in [0.2, 0.25) is 0 Å². The van der Waals surface area contributed by atoms with E-state index in [1.54, 1.807) is 13.2 Å². The van der Waals surface area contributed by atoms with E-state index in [0.29, 0.717) is 16.9 Å². The van der Waals surface area contributed by atoms with E-state index in [9.17, 15) is 4.79 Å². The molecule has 3 heteroatoms. The Morgan fingerprint density at radius 1 is 1.12 bits per heavy atom. The monoisotopic (exact) mass is 228 g/mol. The van der Waals surface area contributed by atoms with E-state index in [4.69, 9.17) is 9.15 Å². The van der Waals surface area contributed by atoms with E-state index < -0.39 is 0 Å². The van der Waals surface area contributed by atoms with Crippen LogP contribution in [0.4, 0.5) is 0 Å². The number of ether oxygens (including phenoxy) is 1. The number of hydrogen-bond acceptors (Lipinski definition) is 3. The van der Waals surface area contributed by atoms with Crippen molar-refractivity contribution in [3.8, 4) is 5.75 Å². The van der Waals surface area contributed by atoms with Gasteiger partial charge in [0.25, 0.3) is 0 Å². The summed E-state index contributed by atoms with van der Waals surface area (Å²) in [5, 5.41) is 0.905. The molecule has 1 aromatic heterocycles. The van der Waals surface area contributed by atoms with Crippen molar-refractivity contribution in [2.24, 2.45) is 0 Å². The second-order valence-corrected chi connectivity index (χ2v) is 4.40. The molecule has 0 amide bonds. The van der Waals surface area contributed by atoms with Gasteiger partial charge in [-0.15, -0.1) is 0 Å². The van der Waals surface area contributed by atoms with Gasteiger partial charge in [0.05, 0.1) is 17.2 Å². The maximum Gasteiger partial charge on any atom is 0.342 e. The fourth-order valence-electron chi connectivity index (χ4n) is 2.18. The van der Waals surface area contributed by atoms with Crippen molar-refractivity contribution in [1.29, 1.82) is 0 Å². The maximum atomic E-state index is 11.7. The molecule has 0 atom stereocenters. The predicted octanol–water partition coefficient (Wildman–Crippen LogP) is 3.16. The van der Waals surface area contributed by atoms with Crippen LogP contribution in [0.1, 0.15) is 23.6 Å². The lowest BCUT2D eigenvalue weighted by molar-refractivity contribution is 0.465. The highest BCUT2D eigenvalue weighted by molar-refractivity contribution is 5.98. The van der Waals surface area contributed by atoms with Crippen molar-refractivity contribution in [1.82, 2.24) is 0 Å². The van der Waals surface area contributed by atoms with E-state index in [2.05, 4.69) is 0 Å². The Hall–Kier alpha value is -2.03. The van der Waals surface area contributed by atoms with Gasteiger partial charge in [-0.3, -0.25) is 0 Å². The summed E-state index contributed by atoms with van der Waals surface area (Å²) in [7, 11) is 0. The third-order valence-electron chi connectivity index (χ3n) is 3.20. The highest BCUT2D eigenvalue weighted by Crippen LogP contribution is 2.38.